The van der Waals surface area contributed by atoms with E-state index in [1.165, 1.54) is 0 Å². The summed E-state index contributed by atoms with van der Waals surface area (Å²) in [5, 5.41) is 0. The lowest BCUT2D eigenvalue weighted by Crippen LogP contribution is -2.50. The molecule has 1 aromatic rings. The van der Waals surface area contributed by atoms with Crippen molar-refractivity contribution in [3.63, 3.8) is 0 Å². The van der Waals surface area contributed by atoms with Crippen molar-refractivity contribution < 1.29 is 14.3 Å². The molecule has 1 heterocycles. The maximum Gasteiger partial charge on any atom is 0.168 e. The van der Waals surface area contributed by atoms with Crippen LogP contribution in [-0.4, -0.2) is 69.6 Å². The SMILES string of the molecule is COc1ccc(C(=O)CC2CN(C)CCN2C)c(OC)c1. The molecule has 1 aliphatic rings. The predicted octanol–water partition coefficient (Wildman–Crippen LogP) is 1.52. The van der Waals surface area contributed by atoms with Gasteiger partial charge in [0.05, 0.1) is 19.8 Å². The first-order valence-corrected chi connectivity index (χ1v) is 7.19. The second kappa shape index (κ2) is 6.91. The molecule has 1 aliphatic heterocycles. The minimum Gasteiger partial charge on any atom is -0.497 e. The van der Waals surface area contributed by atoms with Crippen LogP contribution >= 0.6 is 0 Å². The van der Waals surface area contributed by atoms with Crippen molar-refractivity contribution in [2.75, 3.05) is 47.9 Å². The van der Waals surface area contributed by atoms with E-state index in [9.17, 15) is 4.79 Å². The van der Waals surface area contributed by atoms with Gasteiger partial charge in [0, 0.05) is 38.2 Å². The van der Waals surface area contributed by atoms with E-state index in [4.69, 9.17) is 9.47 Å². The van der Waals surface area contributed by atoms with Crippen LogP contribution in [0.15, 0.2) is 18.2 Å². The number of hydrogen-bond acceptors (Lipinski definition) is 5. The van der Waals surface area contributed by atoms with E-state index < -0.39 is 0 Å². The van der Waals surface area contributed by atoms with Crippen molar-refractivity contribution in [1.82, 2.24) is 9.80 Å². The summed E-state index contributed by atoms with van der Waals surface area (Å²) in [4.78, 5) is 17.1. The number of ketones is 1. The zero-order valence-corrected chi connectivity index (χ0v) is 13.3. The maximum atomic E-state index is 12.6. The number of hydrogen-bond donors (Lipinski definition) is 0. The van der Waals surface area contributed by atoms with E-state index in [1.54, 1.807) is 32.4 Å². The molecule has 1 aromatic carbocycles. The molecule has 0 saturated carbocycles. The molecule has 1 unspecified atom stereocenters. The van der Waals surface area contributed by atoms with E-state index in [0.29, 0.717) is 23.5 Å². The van der Waals surface area contributed by atoms with E-state index >= 15 is 0 Å². The van der Waals surface area contributed by atoms with Gasteiger partial charge in [0.25, 0.3) is 0 Å². The Labute approximate surface area is 126 Å². The van der Waals surface area contributed by atoms with Gasteiger partial charge in [-0.15, -0.1) is 0 Å². The average Bonchev–Trinajstić information content (AvgIpc) is 2.50. The Morgan fingerprint density at radius 2 is 2.00 bits per heavy atom. The Morgan fingerprint density at radius 3 is 2.67 bits per heavy atom. The van der Waals surface area contributed by atoms with Gasteiger partial charge >= 0.3 is 0 Å². The van der Waals surface area contributed by atoms with Gasteiger partial charge in [-0.05, 0) is 26.2 Å². The largest absolute Gasteiger partial charge is 0.497 e. The quantitative estimate of drug-likeness (QED) is 0.770. The van der Waals surface area contributed by atoms with Gasteiger partial charge in [0.1, 0.15) is 11.5 Å². The normalized spacial score (nSPS) is 20.3. The van der Waals surface area contributed by atoms with Crippen LogP contribution in [0.3, 0.4) is 0 Å². The number of rotatable bonds is 5. The summed E-state index contributed by atoms with van der Waals surface area (Å²) in [5.41, 5.74) is 0.625. The first-order chi connectivity index (χ1) is 10.0. The highest BCUT2D eigenvalue weighted by Crippen LogP contribution is 2.26. The minimum absolute atomic E-state index is 0.113. The number of carbonyl (C=O) groups excluding carboxylic acids is 1. The Kier molecular flexibility index (Phi) is 5.20. The fraction of sp³-hybridized carbons (Fsp3) is 0.562. The van der Waals surface area contributed by atoms with Gasteiger partial charge in [-0.1, -0.05) is 0 Å². The standard InChI is InChI=1S/C16H24N2O3/c1-17-7-8-18(2)12(11-17)9-15(19)14-6-5-13(20-3)10-16(14)21-4/h5-6,10,12H,7-9,11H2,1-4H3. The van der Waals surface area contributed by atoms with Crippen molar-refractivity contribution in [2.24, 2.45) is 0 Å². The van der Waals surface area contributed by atoms with Crippen LogP contribution in [0.25, 0.3) is 0 Å². The topological polar surface area (TPSA) is 42.0 Å². The molecular weight excluding hydrogens is 268 g/mol. The third-order valence-corrected chi connectivity index (χ3v) is 4.11. The van der Waals surface area contributed by atoms with Crippen LogP contribution in [0.4, 0.5) is 0 Å². The third kappa shape index (κ3) is 3.74. The van der Waals surface area contributed by atoms with Crippen LogP contribution in [-0.2, 0) is 0 Å². The molecule has 21 heavy (non-hydrogen) atoms. The van der Waals surface area contributed by atoms with Crippen LogP contribution in [0.2, 0.25) is 0 Å². The lowest BCUT2D eigenvalue weighted by molar-refractivity contribution is 0.0807. The zero-order valence-electron chi connectivity index (χ0n) is 13.3. The summed E-state index contributed by atoms with van der Waals surface area (Å²) in [6.45, 7) is 2.96. The second-order valence-electron chi connectivity index (χ2n) is 5.59. The van der Waals surface area contributed by atoms with Crippen LogP contribution in [0.5, 0.6) is 11.5 Å². The number of nitrogens with zero attached hydrogens (tertiary/aromatic N) is 2. The molecule has 0 aliphatic carbocycles. The molecule has 0 spiro atoms. The number of methoxy groups -OCH3 is 2. The highest BCUT2D eigenvalue weighted by Gasteiger charge is 2.26. The molecule has 0 N–H and O–H groups in total. The van der Waals surface area contributed by atoms with Gasteiger partial charge in [-0.2, -0.15) is 0 Å². The third-order valence-electron chi connectivity index (χ3n) is 4.11. The van der Waals surface area contributed by atoms with Crippen molar-refractivity contribution in [3.05, 3.63) is 23.8 Å². The molecule has 2 rings (SSSR count). The molecule has 0 amide bonds. The summed E-state index contributed by atoms with van der Waals surface area (Å²) in [5.74, 6) is 1.38. The number of likely N-dealkylation sites (N-methyl/N-ethyl adjacent to an activating group) is 2. The Balaban J connectivity index is 2.12. The van der Waals surface area contributed by atoms with Crippen LogP contribution in [0.1, 0.15) is 16.8 Å². The fourth-order valence-corrected chi connectivity index (χ4v) is 2.67. The average molecular weight is 292 g/mol. The van der Waals surface area contributed by atoms with Gasteiger partial charge in [-0.25, -0.2) is 0 Å². The molecular formula is C16H24N2O3. The number of benzene rings is 1. The molecule has 5 heteroatoms. The molecule has 1 atom stereocenters. The molecule has 1 fully saturated rings. The molecule has 0 bridgehead atoms. The zero-order chi connectivity index (χ0) is 15.4. The van der Waals surface area contributed by atoms with E-state index in [0.717, 1.165) is 19.6 Å². The van der Waals surface area contributed by atoms with Crippen LogP contribution < -0.4 is 9.47 Å². The number of carbonyl (C=O) groups is 1. The van der Waals surface area contributed by atoms with Crippen molar-refractivity contribution in [1.29, 1.82) is 0 Å². The van der Waals surface area contributed by atoms with Crippen LogP contribution in [0, 0.1) is 0 Å². The monoisotopic (exact) mass is 292 g/mol. The number of Topliss-reactive ketones (excluding diaryl/α,β-unsaturated/α-hetero) is 1. The minimum atomic E-state index is 0.113. The first kappa shape index (κ1) is 15.8. The lowest BCUT2D eigenvalue weighted by atomic mass is 10.00. The molecule has 116 valence electrons. The number of ether oxygens (including phenoxy) is 2. The Morgan fingerprint density at radius 1 is 1.24 bits per heavy atom. The summed E-state index contributed by atoms with van der Waals surface area (Å²) in [6, 6.07) is 5.59. The van der Waals surface area contributed by atoms with Crippen molar-refractivity contribution in [2.45, 2.75) is 12.5 Å². The molecule has 1 saturated heterocycles. The van der Waals surface area contributed by atoms with Crippen molar-refractivity contribution >= 4 is 5.78 Å². The van der Waals surface area contributed by atoms with Gasteiger partial charge < -0.3 is 19.3 Å². The summed E-state index contributed by atoms with van der Waals surface area (Å²) < 4.78 is 10.5. The number of piperazine rings is 1. The fourth-order valence-electron chi connectivity index (χ4n) is 2.67. The van der Waals surface area contributed by atoms with Gasteiger partial charge in [0.15, 0.2) is 5.78 Å². The summed E-state index contributed by atoms with van der Waals surface area (Å²) in [7, 11) is 7.35. The Bertz CT molecular complexity index is 504. The first-order valence-electron chi connectivity index (χ1n) is 7.19. The second-order valence-corrected chi connectivity index (χ2v) is 5.59. The molecule has 0 radical (unpaired) electrons. The molecule has 5 nitrogen and oxygen atoms in total. The van der Waals surface area contributed by atoms with E-state index in [1.807, 2.05) is 0 Å². The maximum absolute atomic E-state index is 12.6. The highest BCUT2D eigenvalue weighted by atomic mass is 16.5. The summed E-state index contributed by atoms with van der Waals surface area (Å²) in [6.07, 6.45) is 0.504. The van der Waals surface area contributed by atoms with Gasteiger partial charge in [0.2, 0.25) is 0 Å². The summed E-state index contributed by atoms with van der Waals surface area (Å²) >= 11 is 0. The smallest absolute Gasteiger partial charge is 0.168 e. The van der Waals surface area contributed by atoms with E-state index in [2.05, 4.69) is 23.9 Å². The van der Waals surface area contributed by atoms with Crippen molar-refractivity contribution in [3.8, 4) is 11.5 Å². The van der Waals surface area contributed by atoms with E-state index in [-0.39, 0.29) is 11.8 Å². The van der Waals surface area contributed by atoms with Gasteiger partial charge in [-0.3, -0.25) is 4.79 Å². The molecule has 0 aromatic heterocycles. The lowest BCUT2D eigenvalue weighted by Gasteiger charge is -2.37. The highest BCUT2D eigenvalue weighted by molar-refractivity contribution is 5.99. The Hall–Kier alpha value is -1.59. The predicted molar refractivity (Wildman–Crippen MR) is 82.4 cm³/mol.